The van der Waals surface area contributed by atoms with Crippen molar-refractivity contribution in [3.8, 4) is 0 Å². The third kappa shape index (κ3) is 3.80. The predicted octanol–water partition coefficient (Wildman–Crippen LogP) is 3.11. The van der Waals surface area contributed by atoms with Gasteiger partial charge in [-0.05, 0) is 50.5 Å². The maximum absolute atomic E-state index is 12.5. The molecule has 1 atom stereocenters. The summed E-state index contributed by atoms with van der Waals surface area (Å²) >= 11 is 0. The molecule has 7 heteroatoms. The van der Waals surface area contributed by atoms with Crippen LogP contribution in [0.5, 0.6) is 0 Å². The second kappa shape index (κ2) is 7.75. The third-order valence-corrected chi connectivity index (χ3v) is 6.79. The van der Waals surface area contributed by atoms with Gasteiger partial charge in [0.1, 0.15) is 4.90 Å². The SMILES string of the molecule is Cc1ccc([C@H](C)NC(=O)CCCN2C(=O)c3ccccc3S2(=O)=O)c(C)c1. The van der Waals surface area contributed by atoms with Gasteiger partial charge in [-0.25, -0.2) is 12.7 Å². The summed E-state index contributed by atoms with van der Waals surface area (Å²) in [7, 11) is -3.82. The number of amides is 2. The number of hydrogen-bond acceptors (Lipinski definition) is 4. The van der Waals surface area contributed by atoms with Crippen molar-refractivity contribution >= 4 is 21.8 Å². The van der Waals surface area contributed by atoms with E-state index < -0.39 is 15.9 Å². The molecule has 0 aliphatic carbocycles. The highest BCUT2D eigenvalue weighted by atomic mass is 32.2. The van der Waals surface area contributed by atoms with Gasteiger partial charge in [-0.3, -0.25) is 9.59 Å². The standard InChI is InChI=1S/C21H24N2O4S/c1-14-10-11-17(15(2)13-14)16(3)22-20(24)9-6-12-23-21(25)18-7-4-5-8-19(18)28(23,26)27/h4-5,7-8,10-11,13,16H,6,9,12H2,1-3H3,(H,22,24)/t16-/m0/s1. The van der Waals surface area contributed by atoms with E-state index in [0.717, 1.165) is 21.0 Å². The van der Waals surface area contributed by atoms with Crippen molar-refractivity contribution in [3.63, 3.8) is 0 Å². The van der Waals surface area contributed by atoms with E-state index in [4.69, 9.17) is 0 Å². The smallest absolute Gasteiger partial charge is 0.269 e. The molecule has 0 saturated heterocycles. The fraction of sp³-hybridized carbons (Fsp3) is 0.333. The van der Waals surface area contributed by atoms with E-state index in [1.807, 2.05) is 32.9 Å². The summed E-state index contributed by atoms with van der Waals surface area (Å²) in [5.41, 5.74) is 3.51. The fourth-order valence-electron chi connectivity index (χ4n) is 3.54. The van der Waals surface area contributed by atoms with E-state index in [0.29, 0.717) is 0 Å². The fourth-order valence-corrected chi connectivity index (χ4v) is 5.15. The van der Waals surface area contributed by atoms with Crippen molar-refractivity contribution in [2.75, 3.05) is 6.54 Å². The van der Waals surface area contributed by atoms with Crippen LogP contribution in [0.25, 0.3) is 0 Å². The molecule has 2 aromatic carbocycles. The second-order valence-corrected chi connectivity index (χ2v) is 8.96. The summed E-state index contributed by atoms with van der Waals surface area (Å²) in [6.07, 6.45) is 0.412. The van der Waals surface area contributed by atoms with E-state index in [1.54, 1.807) is 12.1 Å². The number of aryl methyl sites for hydroxylation is 2. The number of carbonyl (C=O) groups excluding carboxylic acids is 2. The van der Waals surface area contributed by atoms with Crippen LogP contribution < -0.4 is 5.32 Å². The van der Waals surface area contributed by atoms with Crippen LogP contribution in [-0.4, -0.2) is 31.1 Å². The summed E-state index contributed by atoms with van der Waals surface area (Å²) in [6, 6.07) is 12.1. The number of fused-ring (bicyclic) bond motifs is 1. The highest BCUT2D eigenvalue weighted by Crippen LogP contribution is 2.30. The molecule has 0 radical (unpaired) electrons. The van der Waals surface area contributed by atoms with E-state index >= 15 is 0 Å². The zero-order valence-corrected chi connectivity index (χ0v) is 17.0. The Kier molecular flexibility index (Phi) is 5.56. The number of hydrogen-bond donors (Lipinski definition) is 1. The highest BCUT2D eigenvalue weighted by molar-refractivity contribution is 7.90. The normalized spacial score (nSPS) is 16.0. The Morgan fingerprint density at radius 2 is 1.86 bits per heavy atom. The molecule has 0 saturated carbocycles. The minimum atomic E-state index is -3.82. The number of rotatable bonds is 6. The van der Waals surface area contributed by atoms with E-state index in [-0.39, 0.29) is 41.8 Å². The average molecular weight is 401 g/mol. The van der Waals surface area contributed by atoms with Gasteiger partial charge in [0, 0.05) is 13.0 Å². The summed E-state index contributed by atoms with van der Waals surface area (Å²) in [4.78, 5) is 24.7. The Hall–Kier alpha value is -2.67. The van der Waals surface area contributed by atoms with Gasteiger partial charge in [0.05, 0.1) is 11.6 Å². The molecular weight excluding hydrogens is 376 g/mol. The van der Waals surface area contributed by atoms with Crippen LogP contribution in [0.2, 0.25) is 0 Å². The first kappa shape index (κ1) is 20.1. The predicted molar refractivity (Wildman–Crippen MR) is 106 cm³/mol. The molecular formula is C21H24N2O4S. The maximum Gasteiger partial charge on any atom is 0.269 e. The molecule has 1 aliphatic rings. The molecule has 1 N–H and O–H groups in total. The lowest BCUT2D eigenvalue weighted by Crippen LogP contribution is -2.32. The molecule has 1 aliphatic heterocycles. The lowest BCUT2D eigenvalue weighted by Gasteiger charge is -2.18. The Morgan fingerprint density at radius 1 is 1.14 bits per heavy atom. The van der Waals surface area contributed by atoms with Gasteiger partial charge >= 0.3 is 0 Å². The monoisotopic (exact) mass is 400 g/mol. The molecule has 0 unspecified atom stereocenters. The Morgan fingerprint density at radius 3 is 2.54 bits per heavy atom. The van der Waals surface area contributed by atoms with Crippen LogP contribution in [0.1, 0.15) is 52.9 Å². The van der Waals surface area contributed by atoms with Crippen molar-refractivity contribution < 1.29 is 18.0 Å². The van der Waals surface area contributed by atoms with Gasteiger partial charge in [0.25, 0.3) is 15.9 Å². The summed E-state index contributed by atoms with van der Waals surface area (Å²) < 4.78 is 25.9. The Labute approximate surface area is 165 Å². The summed E-state index contributed by atoms with van der Waals surface area (Å²) in [5.74, 6) is -0.700. The summed E-state index contributed by atoms with van der Waals surface area (Å²) in [6.45, 7) is 5.93. The van der Waals surface area contributed by atoms with Crippen molar-refractivity contribution in [3.05, 3.63) is 64.7 Å². The maximum atomic E-state index is 12.5. The minimum absolute atomic E-state index is 0.0127. The molecule has 0 bridgehead atoms. The van der Waals surface area contributed by atoms with Crippen LogP contribution in [-0.2, 0) is 14.8 Å². The van der Waals surface area contributed by atoms with Gasteiger partial charge in [0.15, 0.2) is 0 Å². The van der Waals surface area contributed by atoms with Gasteiger partial charge in [0.2, 0.25) is 5.91 Å². The Bertz CT molecular complexity index is 1030. The largest absolute Gasteiger partial charge is 0.350 e. The van der Waals surface area contributed by atoms with E-state index in [2.05, 4.69) is 11.4 Å². The topological polar surface area (TPSA) is 83.6 Å². The molecule has 1 heterocycles. The van der Waals surface area contributed by atoms with Crippen molar-refractivity contribution in [2.24, 2.45) is 0 Å². The third-order valence-electron chi connectivity index (χ3n) is 4.95. The lowest BCUT2D eigenvalue weighted by molar-refractivity contribution is -0.121. The second-order valence-electron chi connectivity index (χ2n) is 7.13. The van der Waals surface area contributed by atoms with E-state index in [1.165, 1.54) is 12.1 Å². The minimum Gasteiger partial charge on any atom is -0.350 e. The molecule has 0 spiro atoms. The van der Waals surface area contributed by atoms with Crippen LogP contribution in [0.3, 0.4) is 0 Å². The number of nitrogens with one attached hydrogen (secondary N) is 1. The quantitative estimate of drug-likeness (QED) is 0.808. The molecule has 0 fully saturated rings. The first-order valence-corrected chi connectivity index (χ1v) is 10.7. The van der Waals surface area contributed by atoms with Crippen molar-refractivity contribution in [2.45, 2.75) is 44.6 Å². The first-order valence-electron chi connectivity index (χ1n) is 9.24. The number of benzene rings is 2. The van der Waals surface area contributed by atoms with Gasteiger partial charge in [-0.15, -0.1) is 0 Å². The molecule has 2 aromatic rings. The molecule has 2 amide bonds. The number of nitrogens with zero attached hydrogens (tertiary/aromatic N) is 1. The lowest BCUT2D eigenvalue weighted by atomic mass is 10.00. The van der Waals surface area contributed by atoms with Gasteiger partial charge < -0.3 is 5.32 Å². The molecule has 148 valence electrons. The zero-order valence-electron chi connectivity index (χ0n) is 16.2. The molecule has 3 rings (SSSR count). The van der Waals surface area contributed by atoms with E-state index in [9.17, 15) is 18.0 Å². The average Bonchev–Trinajstić information content (AvgIpc) is 2.82. The molecule has 0 aromatic heterocycles. The highest BCUT2D eigenvalue weighted by Gasteiger charge is 2.40. The van der Waals surface area contributed by atoms with Crippen molar-refractivity contribution in [1.29, 1.82) is 0 Å². The molecule has 6 nitrogen and oxygen atoms in total. The van der Waals surface area contributed by atoms with Crippen LogP contribution >= 0.6 is 0 Å². The summed E-state index contributed by atoms with van der Waals surface area (Å²) in [5, 5.41) is 2.94. The van der Waals surface area contributed by atoms with Crippen molar-refractivity contribution in [1.82, 2.24) is 9.62 Å². The van der Waals surface area contributed by atoms with Crippen LogP contribution in [0.4, 0.5) is 0 Å². The first-order chi connectivity index (χ1) is 13.2. The number of sulfonamides is 1. The van der Waals surface area contributed by atoms with Gasteiger partial charge in [-0.1, -0.05) is 35.9 Å². The Balaban J connectivity index is 1.57. The number of carbonyl (C=O) groups is 2. The zero-order chi connectivity index (χ0) is 20.5. The molecule has 28 heavy (non-hydrogen) atoms. The van der Waals surface area contributed by atoms with Crippen LogP contribution in [0.15, 0.2) is 47.4 Å². The van der Waals surface area contributed by atoms with Crippen LogP contribution in [0, 0.1) is 13.8 Å². The van der Waals surface area contributed by atoms with Gasteiger partial charge in [-0.2, -0.15) is 0 Å².